The molecule has 1 aliphatic heterocycles. The quantitative estimate of drug-likeness (QED) is 0.280. The molecule has 7 rings (SSSR count). The zero-order chi connectivity index (χ0) is 26.7. The van der Waals surface area contributed by atoms with E-state index in [4.69, 9.17) is 19.8 Å². The largest absolute Gasteiger partial charge is 0.494 e. The van der Waals surface area contributed by atoms with E-state index in [9.17, 15) is 0 Å². The summed E-state index contributed by atoms with van der Waals surface area (Å²) in [4.78, 5) is 15.3. The smallest absolute Gasteiger partial charge is 0.225 e. The van der Waals surface area contributed by atoms with Crippen LogP contribution in [0.25, 0.3) is 27.8 Å². The van der Waals surface area contributed by atoms with Crippen LogP contribution in [-0.2, 0) is 19.4 Å². The Morgan fingerprint density at radius 3 is 2.64 bits per heavy atom. The Morgan fingerprint density at radius 2 is 1.90 bits per heavy atom. The van der Waals surface area contributed by atoms with Gasteiger partial charge in [0.2, 0.25) is 5.95 Å². The molecule has 1 saturated carbocycles. The zero-order valence-electron chi connectivity index (χ0n) is 23.1. The molecule has 3 aromatic heterocycles. The van der Waals surface area contributed by atoms with Crippen LogP contribution in [0.2, 0.25) is 0 Å². The Kier molecular flexibility index (Phi) is 5.69. The van der Waals surface area contributed by atoms with Crippen molar-refractivity contribution >= 4 is 16.9 Å². The molecule has 0 amide bonds. The summed E-state index contributed by atoms with van der Waals surface area (Å²) < 4.78 is 8.01. The van der Waals surface area contributed by atoms with Crippen molar-refractivity contribution in [2.24, 2.45) is 0 Å². The van der Waals surface area contributed by atoms with Crippen molar-refractivity contribution in [3.63, 3.8) is 0 Å². The number of hydrogen-bond acceptors (Lipinski definition) is 5. The van der Waals surface area contributed by atoms with Crippen LogP contribution in [0.4, 0.5) is 5.95 Å². The molecular formula is C32H34N6O. The van der Waals surface area contributed by atoms with E-state index in [0.29, 0.717) is 5.92 Å². The molecule has 198 valence electrons. The van der Waals surface area contributed by atoms with Crippen LogP contribution in [0.15, 0.2) is 48.9 Å². The molecule has 0 saturated heterocycles. The predicted molar refractivity (Wildman–Crippen MR) is 155 cm³/mol. The minimum atomic E-state index is 0.654. The number of rotatable bonds is 6. The van der Waals surface area contributed by atoms with Gasteiger partial charge in [0.05, 0.1) is 29.7 Å². The predicted octanol–water partition coefficient (Wildman–Crippen LogP) is 6.44. The van der Waals surface area contributed by atoms with E-state index in [1.807, 2.05) is 18.6 Å². The molecule has 1 aliphatic carbocycles. The monoisotopic (exact) mass is 518 g/mol. The van der Waals surface area contributed by atoms with E-state index in [1.54, 1.807) is 7.11 Å². The summed E-state index contributed by atoms with van der Waals surface area (Å²) in [5, 5.41) is 6.45. The van der Waals surface area contributed by atoms with Gasteiger partial charge in [0.15, 0.2) is 0 Å². The third kappa shape index (κ3) is 3.90. The first-order chi connectivity index (χ1) is 19.1. The lowest BCUT2D eigenvalue weighted by Gasteiger charge is -2.27. The summed E-state index contributed by atoms with van der Waals surface area (Å²) in [5.74, 6) is 2.34. The molecule has 0 atom stereocenters. The number of benzene rings is 2. The van der Waals surface area contributed by atoms with Crippen LogP contribution in [-0.4, -0.2) is 38.4 Å². The van der Waals surface area contributed by atoms with Crippen molar-refractivity contribution in [3.05, 3.63) is 82.4 Å². The molecule has 1 fully saturated rings. The number of para-hydroxylation sites is 1. The Balaban J connectivity index is 1.43. The zero-order valence-corrected chi connectivity index (χ0v) is 23.1. The first kappa shape index (κ1) is 23.9. The molecule has 0 spiro atoms. The summed E-state index contributed by atoms with van der Waals surface area (Å²) in [7, 11) is 1.74. The third-order valence-electron chi connectivity index (χ3n) is 8.38. The fourth-order valence-corrected chi connectivity index (χ4v) is 6.21. The Labute approximate surface area is 228 Å². The number of ether oxygens (including phenoxy) is 1. The summed E-state index contributed by atoms with van der Waals surface area (Å²) in [6.45, 7) is 8.08. The van der Waals surface area contributed by atoms with Crippen LogP contribution >= 0.6 is 0 Å². The van der Waals surface area contributed by atoms with E-state index >= 15 is 0 Å². The number of hydrogen-bond donors (Lipinski definition) is 1. The van der Waals surface area contributed by atoms with Crippen molar-refractivity contribution in [3.8, 4) is 22.7 Å². The second kappa shape index (κ2) is 9.26. The number of fused-ring (bicyclic) bond motifs is 2. The maximum absolute atomic E-state index is 5.80. The lowest BCUT2D eigenvalue weighted by molar-refractivity contribution is 0.416. The molecule has 1 N–H and O–H groups in total. The second-order valence-corrected chi connectivity index (χ2v) is 10.9. The molecule has 4 heterocycles. The van der Waals surface area contributed by atoms with Crippen molar-refractivity contribution in [1.29, 1.82) is 0 Å². The topological polar surface area (TPSA) is 71.9 Å². The van der Waals surface area contributed by atoms with Crippen LogP contribution in [0, 0.1) is 13.8 Å². The van der Waals surface area contributed by atoms with Gasteiger partial charge < -0.3 is 14.6 Å². The molecule has 7 heteroatoms. The first-order valence-corrected chi connectivity index (χ1v) is 14.0. The maximum Gasteiger partial charge on any atom is 0.225 e. The van der Waals surface area contributed by atoms with E-state index in [2.05, 4.69) is 65.7 Å². The Hall–Kier alpha value is -4.13. The van der Waals surface area contributed by atoms with E-state index in [0.717, 1.165) is 71.0 Å². The molecule has 0 unspecified atom stereocenters. The molecule has 2 aliphatic rings. The summed E-state index contributed by atoms with van der Waals surface area (Å²) >= 11 is 0. The van der Waals surface area contributed by atoms with Crippen LogP contribution in [0.5, 0.6) is 5.75 Å². The van der Waals surface area contributed by atoms with Gasteiger partial charge >= 0.3 is 0 Å². The third-order valence-corrected chi connectivity index (χ3v) is 8.38. The number of aromatic amines is 1. The molecular weight excluding hydrogens is 484 g/mol. The fraction of sp³-hybridized carbons (Fsp3) is 0.344. The van der Waals surface area contributed by atoms with Gasteiger partial charge in [-0.2, -0.15) is 5.10 Å². The van der Waals surface area contributed by atoms with Crippen molar-refractivity contribution in [2.45, 2.75) is 58.9 Å². The highest BCUT2D eigenvalue weighted by Crippen LogP contribution is 2.42. The number of H-pyrrole nitrogens is 1. The van der Waals surface area contributed by atoms with Gasteiger partial charge in [-0.05, 0) is 73.4 Å². The second-order valence-electron chi connectivity index (χ2n) is 10.9. The Morgan fingerprint density at radius 1 is 1.08 bits per heavy atom. The molecule has 2 aromatic carbocycles. The normalized spacial score (nSPS) is 15.1. The van der Waals surface area contributed by atoms with Crippen molar-refractivity contribution in [2.75, 3.05) is 18.6 Å². The van der Waals surface area contributed by atoms with Gasteiger partial charge in [0.25, 0.3) is 0 Å². The summed E-state index contributed by atoms with van der Waals surface area (Å²) in [6, 6.07) is 11.0. The standard InChI is InChI=1S/C32H34N6O/c1-5-21-8-6-7-19(2)29(21)38-30(25-15-20(3)31(39-4)28-24(25)11-13-33-28)26-18-37(14-12-27(26)36-38)32-34-16-23(17-35-32)22-9-10-22/h6-8,11,13,15-17,22,33H,5,9-10,12,14,18H2,1-4H3. The summed E-state index contributed by atoms with van der Waals surface area (Å²) in [6.07, 6.45) is 10.3. The average Bonchev–Trinajstić information content (AvgIpc) is 3.58. The highest BCUT2D eigenvalue weighted by Gasteiger charge is 2.30. The van der Waals surface area contributed by atoms with Crippen LogP contribution in [0.3, 0.4) is 0 Å². The highest BCUT2D eigenvalue weighted by atomic mass is 16.5. The van der Waals surface area contributed by atoms with Crippen LogP contribution in [0.1, 0.15) is 59.2 Å². The van der Waals surface area contributed by atoms with Gasteiger partial charge in [-0.1, -0.05) is 25.1 Å². The van der Waals surface area contributed by atoms with Gasteiger partial charge in [-0.15, -0.1) is 0 Å². The first-order valence-electron chi connectivity index (χ1n) is 14.0. The van der Waals surface area contributed by atoms with E-state index in [1.165, 1.54) is 40.8 Å². The van der Waals surface area contributed by atoms with Crippen LogP contribution < -0.4 is 9.64 Å². The maximum atomic E-state index is 5.80. The molecule has 5 aromatic rings. The lowest BCUT2D eigenvalue weighted by atomic mass is 9.96. The number of nitrogens with zero attached hydrogens (tertiary/aromatic N) is 5. The van der Waals surface area contributed by atoms with Gasteiger partial charge in [0, 0.05) is 54.6 Å². The number of anilines is 1. The fourth-order valence-electron chi connectivity index (χ4n) is 6.21. The SMILES string of the molecule is CCc1cccc(C)c1-n1nc2c(c1-c1cc(C)c(OC)c3[nH]ccc13)CN(c1ncc(C3CC3)cn1)CC2. The minimum absolute atomic E-state index is 0.654. The summed E-state index contributed by atoms with van der Waals surface area (Å²) in [5.41, 5.74) is 11.8. The molecule has 0 radical (unpaired) electrons. The minimum Gasteiger partial charge on any atom is -0.494 e. The lowest BCUT2D eigenvalue weighted by Crippen LogP contribution is -2.31. The van der Waals surface area contributed by atoms with Crippen molar-refractivity contribution < 1.29 is 4.74 Å². The number of aromatic nitrogens is 5. The number of methoxy groups -OCH3 is 1. The Bertz CT molecular complexity index is 1690. The molecule has 0 bridgehead atoms. The van der Waals surface area contributed by atoms with E-state index < -0.39 is 0 Å². The molecule has 39 heavy (non-hydrogen) atoms. The van der Waals surface area contributed by atoms with Crippen molar-refractivity contribution in [1.82, 2.24) is 24.7 Å². The van der Waals surface area contributed by atoms with Gasteiger partial charge in [-0.25, -0.2) is 14.6 Å². The van der Waals surface area contributed by atoms with Gasteiger partial charge in [0.1, 0.15) is 5.75 Å². The van der Waals surface area contributed by atoms with Gasteiger partial charge in [-0.3, -0.25) is 0 Å². The number of aryl methyl sites for hydroxylation is 3. The van der Waals surface area contributed by atoms with E-state index in [-0.39, 0.29) is 0 Å². The average molecular weight is 519 g/mol. The highest BCUT2D eigenvalue weighted by molar-refractivity contribution is 6.00. The molecule has 7 nitrogen and oxygen atoms in total. The number of nitrogens with one attached hydrogen (secondary N) is 1.